The molecule has 0 bridgehead atoms. The molecular formula is C15H12F3N5O. The summed E-state index contributed by atoms with van der Waals surface area (Å²) >= 11 is 0. The largest absolute Gasteiger partial charge is 0.380 e. The summed E-state index contributed by atoms with van der Waals surface area (Å²) in [5.74, 6) is -3.86. The van der Waals surface area contributed by atoms with Crippen molar-refractivity contribution >= 4 is 11.6 Å². The normalized spacial score (nSPS) is 12.2. The zero-order valence-corrected chi connectivity index (χ0v) is 12.4. The van der Waals surface area contributed by atoms with Gasteiger partial charge in [-0.05, 0) is 25.1 Å². The van der Waals surface area contributed by atoms with Gasteiger partial charge in [-0.15, -0.1) is 0 Å². The number of hydrogen-bond donors (Lipinski definition) is 3. The summed E-state index contributed by atoms with van der Waals surface area (Å²) in [6, 6.07) is 4.92. The highest BCUT2D eigenvalue weighted by atomic mass is 19.2. The topological polar surface area (TPSA) is 86.7 Å². The van der Waals surface area contributed by atoms with Crippen LogP contribution in [-0.2, 0) is 0 Å². The van der Waals surface area contributed by atoms with Crippen molar-refractivity contribution in [2.24, 2.45) is 0 Å². The number of rotatable bonds is 4. The molecule has 1 unspecified atom stereocenters. The van der Waals surface area contributed by atoms with E-state index in [0.717, 1.165) is 17.8 Å². The first-order chi connectivity index (χ1) is 11.5. The summed E-state index contributed by atoms with van der Waals surface area (Å²) in [5, 5.41) is 19.8. The summed E-state index contributed by atoms with van der Waals surface area (Å²) in [5.41, 5.74) is 0.373. The molecule has 0 saturated carbocycles. The Kier molecular flexibility index (Phi) is 4.17. The van der Waals surface area contributed by atoms with Crippen LogP contribution in [0.5, 0.6) is 0 Å². The lowest BCUT2D eigenvalue weighted by atomic mass is 10.1. The molecule has 6 nitrogen and oxygen atoms in total. The van der Waals surface area contributed by atoms with E-state index in [4.69, 9.17) is 0 Å². The Labute approximate surface area is 134 Å². The van der Waals surface area contributed by atoms with Crippen molar-refractivity contribution in [3.63, 3.8) is 0 Å². The van der Waals surface area contributed by atoms with Gasteiger partial charge < -0.3 is 10.4 Å². The maximum Gasteiger partial charge on any atom is 0.194 e. The van der Waals surface area contributed by atoms with E-state index >= 15 is 0 Å². The number of nitrogens with one attached hydrogen (secondary N) is 2. The second-order valence-electron chi connectivity index (χ2n) is 5.03. The van der Waals surface area contributed by atoms with Crippen molar-refractivity contribution < 1.29 is 18.3 Å². The predicted molar refractivity (Wildman–Crippen MR) is 79.0 cm³/mol. The second-order valence-corrected chi connectivity index (χ2v) is 5.03. The van der Waals surface area contributed by atoms with Crippen molar-refractivity contribution in [3.8, 4) is 0 Å². The molecule has 124 valence electrons. The van der Waals surface area contributed by atoms with Gasteiger partial charge in [0.25, 0.3) is 0 Å². The molecule has 0 aliphatic heterocycles. The van der Waals surface area contributed by atoms with Crippen LogP contribution in [-0.4, -0.2) is 25.3 Å². The SMILES string of the molecule is Cc1cc(Nc2ccnc(C(O)c3ccc(F)c(F)c3F)n2)n[nH]1. The van der Waals surface area contributed by atoms with Gasteiger partial charge in [0.05, 0.1) is 0 Å². The Balaban J connectivity index is 1.89. The van der Waals surface area contributed by atoms with E-state index in [1.54, 1.807) is 6.07 Å². The van der Waals surface area contributed by atoms with Crippen LogP contribution in [0.3, 0.4) is 0 Å². The van der Waals surface area contributed by atoms with Gasteiger partial charge >= 0.3 is 0 Å². The monoisotopic (exact) mass is 335 g/mol. The first-order valence-electron chi connectivity index (χ1n) is 6.89. The number of aryl methyl sites for hydroxylation is 1. The van der Waals surface area contributed by atoms with Crippen LogP contribution >= 0.6 is 0 Å². The van der Waals surface area contributed by atoms with Gasteiger partial charge in [0, 0.05) is 23.5 Å². The number of benzene rings is 1. The van der Waals surface area contributed by atoms with Gasteiger partial charge in [-0.25, -0.2) is 23.1 Å². The molecule has 0 saturated heterocycles. The summed E-state index contributed by atoms with van der Waals surface area (Å²) in [6.07, 6.45) is -0.312. The molecule has 2 heterocycles. The van der Waals surface area contributed by atoms with Gasteiger partial charge in [-0.2, -0.15) is 5.10 Å². The van der Waals surface area contributed by atoms with E-state index in [1.165, 1.54) is 12.3 Å². The van der Waals surface area contributed by atoms with Gasteiger partial charge in [0.2, 0.25) is 0 Å². The first kappa shape index (κ1) is 15.9. The highest BCUT2D eigenvalue weighted by molar-refractivity contribution is 5.51. The van der Waals surface area contributed by atoms with Crippen molar-refractivity contribution in [2.75, 3.05) is 5.32 Å². The molecule has 24 heavy (non-hydrogen) atoms. The number of aliphatic hydroxyl groups excluding tert-OH is 1. The Morgan fingerprint density at radius 3 is 2.62 bits per heavy atom. The smallest absolute Gasteiger partial charge is 0.194 e. The van der Waals surface area contributed by atoms with E-state index in [2.05, 4.69) is 25.5 Å². The molecule has 0 aliphatic rings. The van der Waals surface area contributed by atoms with E-state index in [-0.39, 0.29) is 5.82 Å². The van der Waals surface area contributed by atoms with Crippen LogP contribution in [0.4, 0.5) is 24.8 Å². The molecule has 3 rings (SSSR count). The molecule has 3 aromatic rings. The minimum absolute atomic E-state index is 0.169. The molecule has 0 amide bonds. The molecule has 0 fully saturated rings. The van der Waals surface area contributed by atoms with Crippen molar-refractivity contribution in [3.05, 3.63) is 65.0 Å². The zero-order valence-electron chi connectivity index (χ0n) is 12.4. The third kappa shape index (κ3) is 3.06. The van der Waals surface area contributed by atoms with Crippen molar-refractivity contribution in [1.29, 1.82) is 0 Å². The third-order valence-corrected chi connectivity index (χ3v) is 3.24. The maximum absolute atomic E-state index is 13.8. The summed E-state index contributed by atoms with van der Waals surface area (Å²) in [4.78, 5) is 7.88. The Morgan fingerprint density at radius 2 is 1.92 bits per heavy atom. The standard InChI is InChI=1S/C15H12F3N5O/c1-7-6-11(23-22-7)20-10-4-5-19-15(21-10)14(24)8-2-3-9(16)13(18)12(8)17/h2-6,14,24H,1H3,(H2,19,20,21,22,23). The predicted octanol–water partition coefficient (Wildman–Crippen LogP) is 2.75. The third-order valence-electron chi connectivity index (χ3n) is 3.24. The zero-order chi connectivity index (χ0) is 17.3. The fourth-order valence-electron chi connectivity index (χ4n) is 2.08. The number of H-pyrrole nitrogens is 1. The number of nitrogens with zero attached hydrogens (tertiary/aromatic N) is 3. The average Bonchev–Trinajstić information content (AvgIpc) is 2.97. The minimum Gasteiger partial charge on any atom is -0.380 e. The summed E-state index contributed by atoms with van der Waals surface area (Å²) < 4.78 is 40.1. The van der Waals surface area contributed by atoms with Crippen molar-refractivity contribution in [1.82, 2.24) is 20.2 Å². The number of aromatic nitrogens is 4. The quantitative estimate of drug-likeness (QED) is 0.638. The van der Waals surface area contributed by atoms with Gasteiger partial charge in [-0.3, -0.25) is 5.10 Å². The van der Waals surface area contributed by atoms with Gasteiger partial charge in [0.1, 0.15) is 11.9 Å². The van der Waals surface area contributed by atoms with E-state index in [1.807, 2.05) is 6.92 Å². The fraction of sp³-hybridized carbons (Fsp3) is 0.133. The van der Waals surface area contributed by atoms with Gasteiger partial charge in [-0.1, -0.05) is 0 Å². The number of aliphatic hydroxyl groups is 1. The number of aromatic amines is 1. The van der Waals surface area contributed by atoms with Crippen LogP contribution in [0.15, 0.2) is 30.5 Å². The molecule has 1 aromatic carbocycles. The van der Waals surface area contributed by atoms with Gasteiger partial charge in [0.15, 0.2) is 29.1 Å². The molecule has 9 heteroatoms. The summed E-state index contributed by atoms with van der Waals surface area (Å²) in [7, 11) is 0. The van der Waals surface area contributed by atoms with E-state index in [0.29, 0.717) is 11.6 Å². The molecule has 0 spiro atoms. The maximum atomic E-state index is 13.8. The highest BCUT2D eigenvalue weighted by Crippen LogP contribution is 2.25. The Bertz CT molecular complexity index is 883. The fourth-order valence-corrected chi connectivity index (χ4v) is 2.08. The second kappa shape index (κ2) is 6.28. The highest BCUT2D eigenvalue weighted by Gasteiger charge is 2.22. The Morgan fingerprint density at radius 1 is 1.12 bits per heavy atom. The number of anilines is 2. The number of hydrogen-bond acceptors (Lipinski definition) is 5. The Hall–Kier alpha value is -2.94. The molecule has 2 aromatic heterocycles. The summed E-state index contributed by atoms with van der Waals surface area (Å²) in [6.45, 7) is 1.82. The molecule has 3 N–H and O–H groups in total. The molecule has 0 aliphatic carbocycles. The lowest BCUT2D eigenvalue weighted by Gasteiger charge is -2.12. The van der Waals surface area contributed by atoms with Crippen LogP contribution in [0.2, 0.25) is 0 Å². The molecule has 0 radical (unpaired) electrons. The molecule has 1 atom stereocenters. The first-order valence-corrected chi connectivity index (χ1v) is 6.89. The van der Waals surface area contributed by atoms with Crippen LogP contribution in [0.1, 0.15) is 23.2 Å². The van der Waals surface area contributed by atoms with Crippen molar-refractivity contribution in [2.45, 2.75) is 13.0 Å². The lowest BCUT2D eigenvalue weighted by Crippen LogP contribution is -2.10. The van der Waals surface area contributed by atoms with Crippen LogP contribution in [0.25, 0.3) is 0 Å². The van der Waals surface area contributed by atoms with Crippen LogP contribution < -0.4 is 5.32 Å². The molecular weight excluding hydrogens is 323 g/mol. The minimum atomic E-state index is -1.66. The number of halogens is 3. The lowest BCUT2D eigenvalue weighted by molar-refractivity contribution is 0.202. The van der Waals surface area contributed by atoms with E-state index < -0.39 is 29.1 Å². The van der Waals surface area contributed by atoms with E-state index in [9.17, 15) is 18.3 Å². The van der Waals surface area contributed by atoms with Crippen LogP contribution in [0, 0.1) is 24.4 Å². The average molecular weight is 335 g/mol.